The fourth-order valence-corrected chi connectivity index (χ4v) is 3.53. The lowest BCUT2D eigenvalue weighted by molar-refractivity contribution is 0.281. The second kappa shape index (κ2) is 6.06. The molecular formula is C15H26N4. The third-order valence-electron chi connectivity index (χ3n) is 4.61. The van der Waals surface area contributed by atoms with Crippen LogP contribution in [0.2, 0.25) is 0 Å². The molecule has 2 aliphatic rings. The highest BCUT2D eigenvalue weighted by atomic mass is 15.2. The average molecular weight is 262 g/mol. The van der Waals surface area contributed by atoms with Gasteiger partial charge in [0.1, 0.15) is 0 Å². The van der Waals surface area contributed by atoms with Crippen molar-refractivity contribution in [3.63, 3.8) is 0 Å². The molecule has 4 heteroatoms. The van der Waals surface area contributed by atoms with Crippen molar-refractivity contribution in [2.24, 2.45) is 0 Å². The number of aromatic nitrogens is 2. The van der Waals surface area contributed by atoms with E-state index in [1.54, 1.807) is 0 Å². The summed E-state index contributed by atoms with van der Waals surface area (Å²) >= 11 is 0. The third-order valence-corrected chi connectivity index (χ3v) is 4.61. The van der Waals surface area contributed by atoms with Crippen LogP contribution in [0.25, 0.3) is 0 Å². The summed E-state index contributed by atoms with van der Waals surface area (Å²) < 4.78 is 2.41. The van der Waals surface area contributed by atoms with Crippen molar-refractivity contribution >= 4 is 0 Å². The first-order chi connectivity index (χ1) is 9.34. The molecule has 0 amide bonds. The predicted octanol–water partition coefficient (Wildman–Crippen LogP) is 2.01. The molecule has 0 spiro atoms. The number of hydrogen-bond donors (Lipinski definition) is 1. The zero-order chi connectivity index (χ0) is 13.1. The van der Waals surface area contributed by atoms with Crippen molar-refractivity contribution in [3.05, 3.63) is 18.2 Å². The van der Waals surface area contributed by atoms with Crippen LogP contribution in [0, 0.1) is 0 Å². The monoisotopic (exact) mass is 262 g/mol. The molecule has 106 valence electrons. The molecule has 0 saturated carbocycles. The topological polar surface area (TPSA) is 33.1 Å². The Kier molecular flexibility index (Phi) is 4.18. The van der Waals surface area contributed by atoms with E-state index >= 15 is 0 Å². The fourth-order valence-electron chi connectivity index (χ4n) is 3.53. The van der Waals surface area contributed by atoms with Crippen LogP contribution in [-0.2, 0) is 0 Å². The molecule has 0 aliphatic carbocycles. The van der Waals surface area contributed by atoms with E-state index in [1.807, 2.05) is 6.33 Å². The molecule has 2 saturated heterocycles. The summed E-state index contributed by atoms with van der Waals surface area (Å²) in [5.41, 5.74) is 1.43. The number of hydrogen-bond acceptors (Lipinski definition) is 3. The van der Waals surface area contributed by atoms with Crippen molar-refractivity contribution in [1.29, 1.82) is 0 Å². The number of rotatable bonds is 4. The Bertz CT molecular complexity index is 389. The Hall–Kier alpha value is -0.870. The van der Waals surface area contributed by atoms with Gasteiger partial charge in [0, 0.05) is 36.9 Å². The van der Waals surface area contributed by atoms with E-state index in [0.717, 1.165) is 6.54 Å². The SMILES string of the molecule is CC(CN1CCCC1)n1cncc1C1CCCNC1. The van der Waals surface area contributed by atoms with Crippen LogP contribution in [0.1, 0.15) is 50.3 Å². The van der Waals surface area contributed by atoms with E-state index in [-0.39, 0.29) is 0 Å². The van der Waals surface area contributed by atoms with Gasteiger partial charge in [0.25, 0.3) is 0 Å². The van der Waals surface area contributed by atoms with Crippen molar-refractivity contribution in [3.8, 4) is 0 Å². The van der Waals surface area contributed by atoms with Crippen LogP contribution in [-0.4, -0.2) is 47.2 Å². The predicted molar refractivity (Wildman–Crippen MR) is 77.5 cm³/mol. The number of imidazole rings is 1. The maximum absolute atomic E-state index is 4.41. The van der Waals surface area contributed by atoms with Gasteiger partial charge in [-0.05, 0) is 52.2 Å². The van der Waals surface area contributed by atoms with Gasteiger partial charge in [-0.1, -0.05) is 0 Å². The molecule has 4 nitrogen and oxygen atoms in total. The van der Waals surface area contributed by atoms with E-state index in [4.69, 9.17) is 0 Å². The van der Waals surface area contributed by atoms with Crippen LogP contribution < -0.4 is 5.32 Å². The largest absolute Gasteiger partial charge is 0.330 e. The number of piperidine rings is 1. The molecule has 0 radical (unpaired) electrons. The van der Waals surface area contributed by atoms with Gasteiger partial charge >= 0.3 is 0 Å². The maximum Gasteiger partial charge on any atom is 0.0951 e. The molecule has 1 aromatic rings. The molecule has 2 atom stereocenters. The van der Waals surface area contributed by atoms with Crippen molar-refractivity contribution < 1.29 is 0 Å². The van der Waals surface area contributed by atoms with Gasteiger partial charge in [0.05, 0.1) is 6.33 Å². The number of nitrogens with zero attached hydrogens (tertiary/aromatic N) is 3. The summed E-state index contributed by atoms with van der Waals surface area (Å²) in [5.74, 6) is 0.650. The minimum absolute atomic E-state index is 0.539. The Balaban J connectivity index is 1.67. The van der Waals surface area contributed by atoms with E-state index in [2.05, 4.69) is 32.9 Å². The molecular weight excluding hydrogens is 236 g/mol. The standard InChI is InChI=1S/C15H26N4/c1-13(11-18-7-2-3-8-18)19-12-17-10-15(19)14-5-4-6-16-9-14/h10,12-14,16H,2-9,11H2,1H3. The first-order valence-corrected chi connectivity index (χ1v) is 7.79. The van der Waals surface area contributed by atoms with E-state index < -0.39 is 0 Å². The summed E-state index contributed by atoms with van der Waals surface area (Å²) in [7, 11) is 0. The molecule has 19 heavy (non-hydrogen) atoms. The summed E-state index contributed by atoms with van der Waals surface area (Å²) in [6.07, 6.45) is 9.44. The second-order valence-electron chi connectivity index (χ2n) is 6.13. The van der Waals surface area contributed by atoms with Crippen molar-refractivity contribution in [1.82, 2.24) is 19.8 Å². The smallest absolute Gasteiger partial charge is 0.0951 e. The highest BCUT2D eigenvalue weighted by molar-refractivity contribution is 5.09. The van der Waals surface area contributed by atoms with Crippen LogP contribution in [0.4, 0.5) is 0 Å². The van der Waals surface area contributed by atoms with Gasteiger partial charge in [-0.3, -0.25) is 0 Å². The minimum Gasteiger partial charge on any atom is -0.330 e. The van der Waals surface area contributed by atoms with Crippen molar-refractivity contribution in [2.75, 3.05) is 32.7 Å². The highest BCUT2D eigenvalue weighted by Crippen LogP contribution is 2.25. The minimum atomic E-state index is 0.539. The number of nitrogens with one attached hydrogen (secondary N) is 1. The number of likely N-dealkylation sites (tertiary alicyclic amines) is 1. The first-order valence-electron chi connectivity index (χ1n) is 7.79. The average Bonchev–Trinajstić information content (AvgIpc) is 3.10. The Morgan fingerprint density at radius 3 is 2.95 bits per heavy atom. The lowest BCUT2D eigenvalue weighted by Crippen LogP contribution is -2.32. The molecule has 2 unspecified atom stereocenters. The van der Waals surface area contributed by atoms with Gasteiger partial charge in [0.15, 0.2) is 0 Å². The summed E-state index contributed by atoms with van der Waals surface area (Å²) in [4.78, 5) is 7.00. The summed E-state index contributed by atoms with van der Waals surface area (Å²) in [6.45, 7) is 8.35. The zero-order valence-electron chi connectivity index (χ0n) is 12.0. The lowest BCUT2D eigenvalue weighted by Gasteiger charge is -2.28. The van der Waals surface area contributed by atoms with Crippen LogP contribution >= 0.6 is 0 Å². The van der Waals surface area contributed by atoms with Gasteiger partial charge in [0.2, 0.25) is 0 Å². The van der Waals surface area contributed by atoms with Crippen LogP contribution in [0.3, 0.4) is 0 Å². The van der Waals surface area contributed by atoms with Gasteiger partial charge in [-0.25, -0.2) is 4.98 Å². The molecule has 1 N–H and O–H groups in total. The van der Waals surface area contributed by atoms with Gasteiger partial charge in [-0.15, -0.1) is 0 Å². The van der Waals surface area contributed by atoms with E-state index in [9.17, 15) is 0 Å². The highest BCUT2D eigenvalue weighted by Gasteiger charge is 2.22. The molecule has 3 rings (SSSR count). The second-order valence-corrected chi connectivity index (χ2v) is 6.13. The third kappa shape index (κ3) is 3.00. The molecule has 1 aromatic heterocycles. The molecule has 0 aromatic carbocycles. The normalized spacial score (nSPS) is 26.7. The Morgan fingerprint density at radius 1 is 1.37 bits per heavy atom. The first kappa shape index (κ1) is 13.1. The molecule has 0 bridgehead atoms. The molecule has 2 aliphatic heterocycles. The molecule has 2 fully saturated rings. The zero-order valence-corrected chi connectivity index (χ0v) is 12.0. The van der Waals surface area contributed by atoms with E-state index in [0.29, 0.717) is 12.0 Å². The fraction of sp³-hybridized carbons (Fsp3) is 0.800. The van der Waals surface area contributed by atoms with Crippen LogP contribution in [0.15, 0.2) is 12.5 Å². The Morgan fingerprint density at radius 2 is 2.21 bits per heavy atom. The van der Waals surface area contributed by atoms with E-state index in [1.165, 1.54) is 57.6 Å². The van der Waals surface area contributed by atoms with Crippen LogP contribution in [0.5, 0.6) is 0 Å². The molecule has 3 heterocycles. The lowest BCUT2D eigenvalue weighted by atomic mass is 9.96. The maximum atomic E-state index is 4.41. The summed E-state index contributed by atoms with van der Waals surface area (Å²) in [6, 6.07) is 0.539. The quantitative estimate of drug-likeness (QED) is 0.901. The van der Waals surface area contributed by atoms with Gasteiger partial charge in [-0.2, -0.15) is 0 Å². The Labute approximate surface area is 116 Å². The summed E-state index contributed by atoms with van der Waals surface area (Å²) in [5, 5.41) is 3.51. The van der Waals surface area contributed by atoms with Crippen molar-refractivity contribution in [2.45, 2.75) is 44.6 Å². The van der Waals surface area contributed by atoms with Gasteiger partial charge < -0.3 is 14.8 Å².